The van der Waals surface area contributed by atoms with Crippen LogP contribution >= 0.6 is 30.6 Å². The SMILES string of the molecule is CCN(CC)c1ccc2c(c1)OC(=O)N(c1ccc(Cl)c(Cl)c1)P2(=Nc1ccccc1C)N(CC)CC. The number of hydrogen-bond donors (Lipinski definition) is 0. The molecule has 6 nitrogen and oxygen atoms in total. The molecule has 4 rings (SSSR count). The van der Waals surface area contributed by atoms with Gasteiger partial charge in [0.05, 0.1) is 26.7 Å². The number of aryl methyl sites for hydroxylation is 1. The summed E-state index contributed by atoms with van der Waals surface area (Å²) in [5, 5.41) is 1.67. The van der Waals surface area contributed by atoms with E-state index in [-0.39, 0.29) is 0 Å². The zero-order chi connectivity index (χ0) is 26.7. The first-order valence-corrected chi connectivity index (χ1v) is 15.0. The lowest BCUT2D eigenvalue weighted by Gasteiger charge is -2.46. The maximum absolute atomic E-state index is 14.0. The van der Waals surface area contributed by atoms with E-state index in [4.69, 9.17) is 32.7 Å². The number of anilines is 2. The number of nitrogens with zero attached hydrogens (tertiary/aromatic N) is 4. The van der Waals surface area contributed by atoms with Gasteiger partial charge in [-0.15, -0.1) is 0 Å². The third-order valence-corrected chi connectivity index (χ3v) is 11.2. The van der Waals surface area contributed by atoms with Crippen molar-refractivity contribution in [3.05, 3.63) is 76.3 Å². The van der Waals surface area contributed by atoms with Crippen molar-refractivity contribution in [3.8, 4) is 5.75 Å². The van der Waals surface area contributed by atoms with E-state index in [9.17, 15) is 4.79 Å². The number of carbonyl (C=O) groups is 1. The van der Waals surface area contributed by atoms with Crippen LogP contribution in [0.5, 0.6) is 5.75 Å². The Hall–Kier alpha value is -2.50. The van der Waals surface area contributed by atoms with Gasteiger partial charge in [0.15, 0.2) is 7.36 Å². The van der Waals surface area contributed by atoms with E-state index in [0.29, 0.717) is 34.6 Å². The molecule has 0 radical (unpaired) electrons. The Morgan fingerprint density at radius 1 is 0.892 bits per heavy atom. The molecule has 37 heavy (non-hydrogen) atoms. The highest BCUT2D eigenvalue weighted by Gasteiger charge is 2.46. The van der Waals surface area contributed by atoms with Crippen molar-refractivity contribution in [1.82, 2.24) is 4.67 Å². The molecule has 1 amide bonds. The Morgan fingerprint density at radius 2 is 1.59 bits per heavy atom. The molecule has 0 fully saturated rings. The van der Waals surface area contributed by atoms with Crippen molar-refractivity contribution in [1.29, 1.82) is 0 Å². The van der Waals surface area contributed by atoms with E-state index in [2.05, 4.69) is 49.4 Å². The number of hydrogen-bond acceptors (Lipinski definition) is 4. The van der Waals surface area contributed by atoms with Gasteiger partial charge in [-0.05, 0) is 62.7 Å². The normalized spacial score (nSPS) is 17.0. The average Bonchev–Trinajstić information content (AvgIpc) is 2.88. The van der Waals surface area contributed by atoms with E-state index in [1.165, 1.54) is 0 Å². The van der Waals surface area contributed by atoms with E-state index in [0.717, 1.165) is 35.3 Å². The van der Waals surface area contributed by atoms with Gasteiger partial charge in [0.2, 0.25) is 0 Å². The van der Waals surface area contributed by atoms with Crippen molar-refractivity contribution < 1.29 is 9.53 Å². The maximum Gasteiger partial charge on any atom is 0.425 e. The molecule has 0 aliphatic carbocycles. The fourth-order valence-corrected chi connectivity index (χ4v) is 8.84. The summed E-state index contributed by atoms with van der Waals surface area (Å²) in [6, 6.07) is 19.4. The number of halogens is 2. The van der Waals surface area contributed by atoms with Crippen LogP contribution in [-0.4, -0.2) is 36.9 Å². The topological polar surface area (TPSA) is 48.4 Å². The fourth-order valence-electron chi connectivity index (χ4n) is 4.74. The summed E-state index contributed by atoms with van der Waals surface area (Å²) in [6.45, 7) is 13.5. The number of ether oxygens (including phenoxy) is 1. The predicted octanol–water partition coefficient (Wildman–Crippen LogP) is 8.50. The molecule has 9 heteroatoms. The van der Waals surface area contributed by atoms with Crippen LogP contribution in [0, 0.1) is 6.92 Å². The van der Waals surface area contributed by atoms with E-state index < -0.39 is 13.4 Å². The Kier molecular flexibility index (Phi) is 8.55. The summed E-state index contributed by atoms with van der Waals surface area (Å²) in [5.74, 6) is 0.545. The average molecular weight is 559 g/mol. The van der Waals surface area contributed by atoms with Gasteiger partial charge in [-0.25, -0.2) is 18.9 Å². The molecule has 0 saturated carbocycles. The molecule has 196 valence electrons. The second-order valence-corrected chi connectivity index (χ2v) is 12.3. The molecule has 3 aromatic carbocycles. The van der Waals surface area contributed by atoms with Gasteiger partial charge in [0.25, 0.3) is 0 Å². The molecule has 1 heterocycles. The number of benzene rings is 3. The minimum absolute atomic E-state index is 0.364. The second-order valence-electron chi connectivity index (χ2n) is 8.70. The molecule has 1 aliphatic heterocycles. The fraction of sp³-hybridized carbons (Fsp3) is 0.321. The molecule has 0 aromatic heterocycles. The van der Waals surface area contributed by atoms with Crippen molar-refractivity contribution in [2.45, 2.75) is 34.6 Å². The van der Waals surface area contributed by atoms with Crippen molar-refractivity contribution in [2.24, 2.45) is 4.74 Å². The molecule has 0 saturated heterocycles. The number of rotatable bonds is 8. The van der Waals surface area contributed by atoms with E-state index in [1.54, 1.807) is 22.9 Å². The van der Waals surface area contributed by atoms with Gasteiger partial charge < -0.3 is 9.64 Å². The largest absolute Gasteiger partial charge is 0.425 e. The highest BCUT2D eigenvalue weighted by Crippen LogP contribution is 2.63. The third kappa shape index (κ3) is 5.00. The Balaban J connectivity index is 2.12. The Labute approximate surface area is 229 Å². The summed E-state index contributed by atoms with van der Waals surface area (Å²) in [4.78, 5) is 16.2. The van der Waals surface area contributed by atoms with Crippen LogP contribution in [0.25, 0.3) is 0 Å². The van der Waals surface area contributed by atoms with Crippen molar-refractivity contribution >= 4 is 59.0 Å². The van der Waals surface area contributed by atoms with Gasteiger partial charge in [-0.3, -0.25) is 0 Å². The molecule has 0 bridgehead atoms. The van der Waals surface area contributed by atoms with Crippen molar-refractivity contribution in [2.75, 3.05) is 35.7 Å². The summed E-state index contributed by atoms with van der Waals surface area (Å²) in [6.07, 6.45) is -0.486. The summed E-state index contributed by atoms with van der Waals surface area (Å²) in [5.41, 5.74) is 3.47. The molecule has 1 unspecified atom stereocenters. The van der Waals surface area contributed by atoms with Crippen LogP contribution < -0.4 is 19.6 Å². The van der Waals surface area contributed by atoms with Crippen molar-refractivity contribution in [3.63, 3.8) is 0 Å². The zero-order valence-electron chi connectivity index (χ0n) is 21.9. The standard InChI is InChI=1S/C28H33Cl2N4O2P/c1-6-32(7-2)21-15-17-27-26(19-21)36-28(35)34(22-14-16-23(29)24(30)18-22)37(27,33(8-3)9-4)31-25-13-11-10-12-20(25)5/h10-19H,6-9H2,1-5H3. The Bertz CT molecular complexity index is 1360. The number of amides is 1. The van der Waals surface area contributed by atoms with Gasteiger partial charge in [-0.2, -0.15) is 0 Å². The minimum atomic E-state index is -2.93. The van der Waals surface area contributed by atoms with Gasteiger partial charge >= 0.3 is 6.09 Å². The first kappa shape index (κ1) is 27.5. The van der Waals surface area contributed by atoms with Crippen LogP contribution in [-0.2, 0) is 0 Å². The number of fused-ring (bicyclic) bond motifs is 1. The highest BCUT2D eigenvalue weighted by atomic mass is 35.5. The molecule has 1 aliphatic rings. The lowest BCUT2D eigenvalue weighted by molar-refractivity contribution is 0.210. The van der Waals surface area contributed by atoms with Gasteiger partial charge in [0, 0.05) is 37.9 Å². The van der Waals surface area contributed by atoms with E-state index >= 15 is 0 Å². The predicted molar refractivity (Wildman–Crippen MR) is 158 cm³/mol. The molecule has 0 N–H and O–H groups in total. The molecular weight excluding hydrogens is 526 g/mol. The van der Waals surface area contributed by atoms with E-state index in [1.807, 2.05) is 37.3 Å². The lowest BCUT2D eigenvalue weighted by Crippen LogP contribution is -2.46. The van der Waals surface area contributed by atoms with Crippen LogP contribution in [0.2, 0.25) is 10.0 Å². The van der Waals surface area contributed by atoms with Gasteiger partial charge in [-0.1, -0.05) is 55.2 Å². The number of carbonyl (C=O) groups excluding carboxylic acids is 1. The summed E-state index contributed by atoms with van der Waals surface area (Å²) < 4.78 is 15.5. The van der Waals surface area contributed by atoms with Crippen LogP contribution in [0.4, 0.5) is 21.9 Å². The molecule has 3 aromatic rings. The van der Waals surface area contributed by atoms with Crippen LogP contribution in [0.3, 0.4) is 0 Å². The first-order chi connectivity index (χ1) is 17.8. The molecule has 0 spiro atoms. The lowest BCUT2D eigenvalue weighted by atomic mass is 10.2. The smallest absolute Gasteiger partial charge is 0.409 e. The molecular formula is C28H33Cl2N4O2P. The quantitative estimate of drug-likeness (QED) is 0.260. The maximum atomic E-state index is 14.0. The third-order valence-electron chi connectivity index (χ3n) is 6.68. The summed E-state index contributed by atoms with van der Waals surface area (Å²) in [7, 11) is -2.93. The monoisotopic (exact) mass is 558 g/mol. The zero-order valence-corrected chi connectivity index (χ0v) is 24.3. The second kappa shape index (κ2) is 11.5. The van der Waals surface area contributed by atoms with Gasteiger partial charge in [0.1, 0.15) is 5.75 Å². The summed E-state index contributed by atoms with van der Waals surface area (Å²) >= 11 is 12.7. The Morgan fingerprint density at radius 3 is 2.22 bits per heavy atom. The van der Waals surface area contributed by atoms with Crippen LogP contribution in [0.1, 0.15) is 33.3 Å². The highest BCUT2D eigenvalue weighted by molar-refractivity contribution is 7.74. The van der Waals surface area contributed by atoms with Crippen LogP contribution in [0.15, 0.2) is 65.4 Å². The minimum Gasteiger partial charge on any atom is -0.409 e. The first-order valence-electron chi connectivity index (χ1n) is 12.6. The molecule has 1 atom stereocenters.